The van der Waals surface area contributed by atoms with Crippen LogP contribution in [-0.2, 0) is 36.1 Å². The molecule has 2 aromatic carbocycles. The van der Waals surface area contributed by atoms with E-state index in [9.17, 15) is 13.2 Å². The number of sulfone groups is 1. The standard InChI is InChI=1S/C27H34F2N2O6S/c1-18-24(38(34,35)25(16-31-18)19-5-3-2-4-6-19)14-20-13-23(29)21(15-22(20)28)27(7-11-36-12-8-27)37-17-26(33)30-9-10-32/h2-6,13,15,18,24-25,31-32H,7-12,14,16-17H2,1H3,(H,30,33)/t18-,24?,25-/m0/s1. The van der Waals surface area contributed by atoms with E-state index < -0.39 is 56.1 Å². The molecule has 38 heavy (non-hydrogen) atoms. The third-order valence-corrected chi connectivity index (χ3v) is 10.1. The summed E-state index contributed by atoms with van der Waals surface area (Å²) in [6, 6.07) is 10.5. The van der Waals surface area contributed by atoms with Gasteiger partial charge in [-0.25, -0.2) is 17.2 Å². The molecule has 8 nitrogen and oxygen atoms in total. The molecule has 4 rings (SSSR count). The Bertz CT molecular complexity index is 1220. The zero-order chi connectivity index (χ0) is 27.3. The van der Waals surface area contributed by atoms with Crippen LogP contribution in [0.25, 0.3) is 0 Å². The summed E-state index contributed by atoms with van der Waals surface area (Å²) in [4.78, 5) is 12.1. The number of aliphatic hydroxyl groups is 1. The largest absolute Gasteiger partial charge is 0.395 e. The normalized spacial score (nSPS) is 24.6. The van der Waals surface area contributed by atoms with Gasteiger partial charge in [0.25, 0.3) is 0 Å². The molecule has 3 atom stereocenters. The summed E-state index contributed by atoms with van der Waals surface area (Å²) in [5, 5.41) is 12.8. The van der Waals surface area contributed by atoms with E-state index in [1.165, 1.54) is 0 Å². The molecule has 0 radical (unpaired) electrons. The number of hydrogen-bond acceptors (Lipinski definition) is 7. The van der Waals surface area contributed by atoms with Crippen LogP contribution in [0.15, 0.2) is 42.5 Å². The van der Waals surface area contributed by atoms with Crippen LogP contribution in [0.2, 0.25) is 0 Å². The molecule has 11 heteroatoms. The van der Waals surface area contributed by atoms with Crippen LogP contribution < -0.4 is 10.6 Å². The first-order valence-electron chi connectivity index (χ1n) is 12.8. The van der Waals surface area contributed by atoms with Crippen LogP contribution in [0.1, 0.15) is 41.7 Å². The van der Waals surface area contributed by atoms with Gasteiger partial charge < -0.3 is 25.2 Å². The topological polar surface area (TPSA) is 114 Å². The van der Waals surface area contributed by atoms with Crippen molar-refractivity contribution >= 4 is 15.7 Å². The van der Waals surface area contributed by atoms with Crippen molar-refractivity contribution in [3.63, 3.8) is 0 Å². The highest BCUT2D eigenvalue weighted by Crippen LogP contribution is 2.39. The molecule has 0 bridgehead atoms. The van der Waals surface area contributed by atoms with Gasteiger partial charge in [0.2, 0.25) is 5.91 Å². The molecule has 0 aliphatic carbocycles. The van der Waals surface area contributed by atoms with E-state index in [1.807, 2.05) is 6.07 Å². The van der Waals surface area contributed by atoms with Gasteiger partial charge in [-0.05, 0) is 36.6 Å². The summed E-state index contributed by atoms with van der Waals surface area (Å²) in [5.74, 6) is -1.95. The molecule has 3 N–H and O–H groups in total. The lowest BCUT2D eigenvalue weighted by atomic mass is 9.84. The molecule has 2 heterocycles. The van der Waals surface area contributed by atoms with E-state index in [0.717, 1.165) is 12.1 Å². The molecular weight excluding hydrogens is 518 g/mol. The van der Waals surface area contributed by atoms with Gasteiger partial charge in [0.05, 0.1) is 17.1 Å². The van der Waals surface area contributed by atoms with Crippen molar-refractivity contribution < 1.29 is 36.6 Å². The molecule has 0 saturated carbocycles. The minimum atomic E-state index is -3.72. The monoisotopic (exact) mass is 552 g/mol. The Balaban J connectivity index is 1.60. The van der Waals surface area contributed by atoms with Crippen molar-refractivity contribution in [3.8, 4) is 0 Å². The smallest absolute Gasteiger partial charge is 0.246 e. The van der Waals surface area contributed by atoms with Crippen molar-refractivity contribution in [2.75, 3.05) is 39.5 Å². The second-order valence-electron chi connectivity index (χ2n) is 9.82. The van der Waals surface area contributed by atoms with Gasteiger partial charge in [-0.15, -0.1) is 0 Å². The zero-order valence-corrected chi connectivity index (χ0v) is 22.1. The SMILES string of the molecule is C[C@@H]1NC[C@@H](c2ccccc2)S(=O)(=O)C1Cc1cc(F)c(C2(OCC(=O)NCCO)CCOCC2)cc1F. The van der Waals surface area contributed by atoms with Crippen molar-refractivity contribution in [3.05, 3.63) is 70.8 Å². The second kappa shape index (κ2) is 12.2. The number of carbonyl (C=O) groups is 1. The summed E-state index contributed by atoms with van der Waals surface area (Å²) in [7, 11) is -3.72. The zero-order valence-electron chi connectivity index (χ0n) is 21.3. The molecule has 2 saturated heterocycles. The number of halogens is 2. The van der Waals surface area contributed by atoms with Gasteiger partial charge >= 0.3 is 0 Å². The molecule has 1 amide bonds. The number of rotatable bonds is 9. The number of ether oxygens (including phenoxy) is 2. The maximum absolute atomic E-state index is 15.6. The summed E-state index contributed by atoms with van der Waals surface area (Å²) in [5.41, 5.74) is -0.690. The van der Waals surface area contributed by atoms with Gasteiger partial charge in [0.15, 0.2) is 9.84 Å². The Kier molecular flexibility index (Phi) is 9.15. The second-order valence-corrected chi connectivity index (χ2v) is 12.2. The Morgan fingerprint density at radius 3 is 2.58 bits per heavy atom. The minimum Gasteiger partial charge on any atom is -0.395 e. The molecule has 0 aromatic heterocycles. The molecule has 0 spiro atoms. The van der Waals surface area contributed by atoms with E-state index in [0.29, 0.717) is 5.56 Å². The van der Waals surface area contributed by atoms with Crippen LogP contribution in [0.5, 0.6) is 0 Å². The van der Waals surface area contributed by atoms with E-state index >= 15 is 8.78 Å². The number of aliphatic hydroxyl groups excluding tert-OH is 1. The van der Waals surface area contributed by atoms with Crippen LogP contribution in [0.3, 0.4) is 0 Å². The van der Waals surface area contributed by atoms with Crippen molar-refractivity contribution in [1.29, 1.82) is 0 Å². The van der Waals surface area contributed by atoms with Crippen molar-refractivity contribution in [2.45, 2.75) is 48.3 Å². The fraction of sp³-hybridized carbons (Fsp3) is 0.519. The first-order valence-corrected chi connectivity index (χ1v) is 14.4. The number of benzene rings is 2. The molecule has 1 unspecified atom stereocenters. The van der Waals surface area contributed by atoms with Gasteiger partial charge in [0.1, 0.15) is 23.8 Å². The van der Waals surface area contributed by atoms with E-state index in [4.69, 9.17) is 14.6 Å². The van der Waals surface area contributed by atoms with E-state index in [-0.39, 0.29) is 63.3 Å². The van der Waals surface area contributed by atoms with E-state index in [1.54, 1.807) is 31.2 Å². The third kappa shape index (κ3) is 6.07. The number of hydrogen-bond donors (Lipinski definition) is 3. The van der Waals surface area contributed by atoms with Gasteiger partial charge in [0, 0.05) is 50.8 Å². The summed E-state index contributed by atoms with van der Waals surface area (Å²) < 4.78 is 69.5. The Labute approximate surface area is 221 Å². The van der Waals surface area contributed by atoms with E-state index in [2.05, 4.69) is 10.6 Å². The molecular formula is C27H34F2N2O6S. The first-order chi connectivity index (χ1) is 18.2. The number of carbonyl (C=O) groups excluding carboxylic acids is 1. The average molecular weight is 553 g/mol. The lowest BCUT2D eigenvalue weighted by Gasteiger charge is -2.38. The average Bonchev–Trinajstić information content (AvgIpc) is 2.91. The number of nitrogens with one attached hydrogen (secondary N) is 2. The predicted octanol–water partition coefficient (Wildman–Crippen LogP) is 2.15. The highest BCUT2D eigenvalue weighted by atomic mass is 32.2. The van der Waals surface area contributed by atoms with Crippen LogP contribution in [0, 0.1) is 11.6 Å². The van der Waals surface area contributed by atoms with Gasteiger partial charge in [-0.1, -0.05) is 30.3 Å². The van der Waals surface area contributed by atoms with Gasteiger partial charge in [-0.3, -0.25) is 4.79 Å². The maximum Gasteiger partial charge on any atom is 0.246 e. The van der Waals surface area contributed by atoms with Gasteiger partial charge in [-0.2, -0.15) is 0 Å². The summed E-state index contributed by atoms with van der Waals surface area (Å²) in [6.07, 6.45) is 0.239. The fourth-order valence-electron chi connectivity index (χ4n) is 5.26. The predicted molar refractivity (Wildman–Crippen MR) is 137 cm³/mol. The molecule has 208 valence electrons. The highest BCUT2D eigenvalue weighted by Gasteiger charge is 2.43. The number of amides is 1. The summed E-state index contributed by atoms with van der Waals surface area (Å²) >= 11 is 0. The Morgan fingerprint density at radius 1 is 1.18 bits per heavy atom. The van der Waals surface area contributed by atoms with Crippen molar-refractivity contribution in [2.24, 2.45) is 0 Å². The van der Waals surface area contributed by atoms with Crippen LogP contribution in [-0.4, -0.2) is 70.2 Å². The lowest BCUT2D eigenvalue weighted by molar-refractivity contribution is -0.146. The third-order valence-electron chi connectivity index (χ3n) is 7.43. The Hall–Kier alpha value is -2.44. The fourth-order valence-corrected chi connectivity index (χ4v) is 7.62. The quantitative estimate of drug-likeness (QED) is 0.437. The molecule has 2 aliphatic heterocycles. The first kappa shape index (κ1) is 28.6. The Morgan fingerprint density at radius 2 is 1.89 bits per heavy atom. The lowest BCUT2D eigenvalue weighted by Crippen LogP contribution is -2.53. The minimum absolute atomic E-state index is 0.0307. The molecule has 2 fully saturated rings. The molecule has 2 aromatic rings. The van der Waals surface area contributed by atoms with Crippen LogP contribution in [0.4, 0.5) is 8.78 Å². The van der Waals surface area contributed by atoms with Crippen molar-refractivity contribution in [1.82, 2.24) is 10.6 Å². The molecule has 2 aliphatic rings. The maximum atomic E-state index is 15.6. The van der Waals surface area contributed by atoms with Crippen LogP contribution >= 0.6 is 0 Å². The highest BCUT2D eigenvalue weighted by molar-refractivity contribution is 7.92. The summed E-state index contributed by atoms with van der Waals surface area (Å²) in [6.45, 7) is 1.89.